The smallest absolute Gasteiger partial charge is 0.283 e. The van der Waals surface area contributed by atoms with E-state index in [0.717, 1.165) is 24.3 Å². The fraction of sp³-hybridized carbons (Fsp3) is 0.294. The van der Waals surface area contributed by atoms with Crippen LogP contribution in [0.25, 0.3) is 0 Å². The molecule has 0 bridgehead atoms. The monoisotopic (exact) mass is 747 g/mol. The number of pyridine rings is 4. The maximum absolute atomic E-state index is 13.4. The summed E-state index contributed by atoms with van der Waals surface area (Å²) in [7, 11) is 0. The van der Waals surface area contributed by atoms with Gasteiger partial charge in [-0.2, -0.15) is 0 Å². The maximum Gasteiger partial charge on any atom is 0.283 e. The highest BCUT2D eigenvalue weighted by molar-refractivity contribution is 5.94. The van der Waals surface area contributed by atoms with Gasteiger partial charge >= 0.3 is 0 Å². The summed E-state index contributed by atoms with van der Waals surface area (Å²) in [6, 6.07) is 13.8. The molecule has 0 saturated heterocycles. The molecule has 0 aliphatic carbocycles. The number of amides is 4. The molecule has 20 heteroatoms. The molecule has 0 aliphatic rings. The standard InChI is InChI=1S/C34H35N8O12/c43-27-13-3-9-23(39(27)51)31(47)35-17-7-21-37(33(49)25-11-5-15-29(45)41(25)53)19-1-2-20-38(34(50)26-12-6-16-30(46)42(26)54)22-8-18-36-32(48)24-10-4-14-28(44)40(24)52/h3-6,9-16,51H,1-2,7-8,17-22H2,(H,35,47)(H,36,48)/q-3. The molecular weight excluding hydrogens is 712 g/mol. The Bertz CT molecular complexity index is 2090. The first-order valence-corrected chi connectivity index (χ1v) is 16.6. The van der Waals surface area contributed by atoms with Crippen molar-refractivity contribution in [2.45, 2.75) is 25.7 Å². The van der Waals surface area contributed by atoms with Crippen molar-refractivity contribution in [3.63, 3.8) is 0 Å². The molecule has 0 aliphatic heterocycles. The van der Waals surface area contributed by atoms with Crippen molar-refractivity contribution in [1.29, 1.82) is 0 Å². The van der Waals surface area contributed by atoms with E-state index in [9.17, 15) is 59.2 Å². The number of nitrogens with zero attached hydrogens (tertiary/aromatic N) is 6. The minimum Gasteiger partial charge on any atom is -0.803 e. The molecule has 286 valence electrons. The Kier molecular flexibility index (Phi) is 13.5. The quantitative estimate of drug-likeness (QED) is 0.0921. The second-order valence-corrected chi connectivity index (χ2v) is 11.7. The molecule has 0 saturated carbocycles. The minimum absolute atomic E-state index is 0.00424. The zero-order chi connectivity index (χ0) is 39.4. The third-order valence-electron chi connectivity index (χ3n) is 8.03. The van der Waals surface area contributed by atoms with Gasteiger partial charge in [-0.25, -0.2) is 0 Å². The van der Waals surface area contributed by atoms with Gasteiger partial charge in [0.15, 0.2) is 0 Å². The lowest BCUT2D eigenvalue weighted by molar-refractivity contribution is 0.0709. The SMILES string of the molecule is O=C(NCCCN(CCCCN(CCCNC(=O)c1cccc(=O)n1O)C(=O)c1cccc(=O)n1[O-])C(=O)c1cccc(=O)n1[O-])c1cccc(=O)n1[O-]. The van der Waals surface area contributed by atoms with Gasteiger partial charge in [0.2, 0.25) is 16.7 Å². The molecule has 4 rings (SSSR count). The van der Waals surface area contributed by atoms with Crippen molar-refractivity contribution in [2.24, 2.45) is 0 Å². The number of carbonyl (C=O) groups is 4. The number of hydrogen-bond donors (Lipinski definition) is 3. The van der Waals surface area contributed by atoms with Crippen LogP contribution in [0.1, 0.15) is 67.6 Å². The largest absolute Gasteiger partial charge is 0.803 e. The van der Waals surface area contributed by atoms with E-state index in [1.807, 2.05) is 0 Å². The predicted molar refractivity (Wildman–Crippen MR) is 191 cm³/mol. The van der Waals surface area contributed by atoms with Crippen molar-refractivity contribution in [3.8, 4) is 0 Å². The minimum atomic E-state index is -0.961. The fourth-order valence-electron chi connectivity index (χ4n) is 5.25. The molecule has 0 fully saturated rings. The Labute approximate surface area is 304 Å². The van der Waals surface area contributed by atoms with Crippen LogP contribution >= 0.6 is 0 Å². The normalized spacial score (nSPS) is 10.7. The van der Waals surface area contributed by atoms with Gasteiger partial charge in [0.25, 0.3) is 29.2 Å². The van der Waals surface area contributed by atoms with Crippen molar-refractivity contribution >= 4 is 23.6 Å². The van der Waals surface area contributed by atoms with Crippen molar-refractivity contribution in [2.75, 3.05) is 39.3 Å². The summed E-state index contributed by atoms with van der Waals surface area (Å²) in [5.41, 5.74) is -5.29. The molecule has 4 aromatic heterocycles. The summed E-state index contributed by atoms with van der Waals surface area (Å²) >= 11 is 0. The van der Waals surface area contributed by atoms with E-state index in [4.69, 9.17) is 0 Å². The number of nitrogens with one attached hydrogen (secondary N) is 2. The Morgan fingerprint density at radius 1 is 0.500 bits per heavy atom. The highest BCUT2D eigenvalue weighted by Gasteiger charge is 2.21. The summed E-state index contributed by atoms with van der Waals surface area (Å²) in [4.78, 5) is 101. The average molecular weight is 748 g/mol. The van der Waals surface area contributed by atoms with E-state index in [1.165, 1.54) is 58.3 Å². The zero-order valence-corrected chi connectivity index (χ0v) is 28.6. The third-order valence-corrected chi connectivity index (χ3v) is 8.03. The molecule has 54 heavy (non-hydrogen) atoms. The molecule has 0 atom stereocenters. The van der Waals surface area contributed by atoms with Gasteiger partial charge < -0.3 is 55.5 Å². The second kappa shape index (κ2) is 18.4. The van der Waals surface area contributed by atoms with E-state index >= 15 is 0 Å². The van der Waals surface area contributed by atoms with Crippen LogP contribution in [0.2, 0.25) is 0 Å². The fourth-order valence-corrected chi connectivity index (χ4v) is 5.25. The molecule has 0 aromatic carbocycles. The number of aromatic nitrogens is 4. The molecule has 4 aromatic rings. The van der Waals surface area contributed by atoms with Gasteiger partial charge in [0.1, 0.15) is 22.8 Å². The first-order chi connectivity index (χ1) is 25.8. The lowest BCUT2D eigenvalue weighted by Gasteiger charge is -2.27. The van der Waals surface area contributed by atoms with Gasteiger partial charge in [-0.1, -0.05) is 24.3 Å². The van der Waals surface area contributed by atoms with Gasteiger partial charge in [-0.3, -0.25) is 38.4 Å². The lowest BCUT2D eigenvalue weighted by Crippen LogP contribution is -2.39. The van der Waals surface area contributed by atoms with E-state index in [0.29, 0.717) is 0 Å². The summed E-state index contributed by atoms with van der Waals surface area (Å²) in [5.74, 6) is -3.16. The van der Waals surface area contributed by atoms with Crippen LogP contribution in [0.5, 0.6) is 0 Å². The van der Waals surface area contributed by atoms with Crippen LogP contribution in [0.3, 0.4) is 0 Å². The van der Waals surface area contributed by atoms with E-state index in [-0.39, 0.29) is 89.6 Å². The first kappa shape index (κ1) is 39.7. The highest BCUT2D eigenvalue weighted by Crippen LogP contribution is 2.10. The van der Waals surface area contributed by atoms with Crippen LogP contribution < -0.4 is 32.9 Å². The van der Waals surface area contributed by atoms with E-state index < -0.39 is 62.9 Å². The molecule has 0 spiro atoms. The molecular formula is C34H35N8O12-3. The van der Waals surface area contributed by atoms with Crippen molar-refractivity contribution in [3.05, 3.63) is 153 Å². The summed E-state index contributed by atoms with van der Waals surface area (Å²) in [6.07, 6.45) is 0.724. The number of carbonyl (C=O) groups excluding carboxylic acids is 4. The van der Waals surface area contributed by atoms with E-state index in [2.05, 4.69) is 10.6 Å². The summed E-state index contributed by atoms with van der Waals surface area (Å²) in [5, 5.41) is 51.6. The number of hydrogen-bond acceptors (Lipinski definition) is 12. The van der Waals surface area contributed by atoms with E-state index in [1.54, 1.807) is 0 Å². The van der Waals surface area contributed by atoms with Crippen LogP contribution in [-0.2, 0) is 0 Å². The molecule has 4 heterocycles. The Hall–Kier alpha value is -7.12. The van der Waals surface area contributed by atoms with Crippen LogP contribution in [0.15, 0.2) is 92.0 Å². The predicted octanol–water partition coefficient (Wildman–Crippen LogP) is -0.387. The van der Waals surface area contributed by atoms with Gasteiger partial charge in [-0.15, -0.1) is 4.73 Å². The molecule has 0 radical (unpaired) electrons. The highest BCUT2D eigenvalue weighted by atomic mass is 16.5. The topological polar surface area (TPSA) is 276 Å². The van der Waals surface area contributed by atoms with Crippen molar-refractivity contribution in [1.82, 2.24) is 39.4 Å². The summed E-state index contributed by atoms with van der Waals surface area (Å²) in [6.45, 7) is -0.0964. The zero-order valence-electron chi connectivity index (χ0n) is 28.6. The molecule has 3 N–H and O–H groups in total. The van der Waals surface area contributed by atoms with Crippen LogP contribution in [0.4, 0.5) is 0 Å². The maximum atomic E-state index is 13.4. The first-order valence-electron chi connectivity index (χ1n) is 16.6. The Balaban J connectivity index is 1.41. The molecule has 4 amide bonds. The third kappa shape index (κ3) is 9.80. The second-order valence-electron chi connectivity index (χ2n) is 11.7. The van der Waals surface area contributed by atoms with Crippen molar-refractivity contribution < 1.29 is 24.4 Å². The van der Waals surface area contributed by atoms with Gasteiger partial charge in [0, 0.05) is 63.5 Å². The number of rotatable bonds is 17. The molecule has 20 nitrogen and oxygen atoms in total. The molecule has 0 unspecified atom stereocenters. The van der Waals surface area contributed by atoms with Crippen LogP contribution in [-0.4, -0.2) is 96.8 Å². The van der Waals surface area contributed by atoms with Gasteiger partial charge in [0.05, 0.1) is 0 Å². The average Bonchev–Trinajstić information content (AvgIpc) is 3.15. The van der Waals surface area contributed by atoms with Crippen LogP contribution in [0, 0.1) is 15.6 Å². The van der Waals surface area contributed by atoms with Gasteiger partial charge in [-0.05, 0) is 49.9 Å². The number of unbranched alkanes of at least 4 members (excludes halogenated alkanes) is 1. The lowest BCUT2D eigenvalue weighted by atomic mass is 10.2. The Morgan fingerprint density at radius 3 is 1.28 bits per heavy atom. The Morgan fingerprint density at radius 2 is 0.833 bits per heavy atom. The summed E-state index contributed by atoms with van der Waals surface area (Å²) < 4.78 is 0.0112.